The van der Waals surface area contributed by atoms with Crippen LogP contribution >= 0.6 is 0 Å². The van der Waals surface area contributed by atoms with Gasteiger partial charge in [-0.3, -0.25) is 0 Å². The van der Waals surface area contributed by atoms with Crippen molar-refractivity contribution in [3.05, 3.63) is 53.6 Å². The van der Waals surface area contributed by atoms with Crippen molar-refractivity contribution in [1.82, 2.24) is 10.0 Å². The molecule has 0 spiro atoms. The number of benzene rings is 2. The van der Waals surface area contributed by atoms with Crippen molar-refractivity contribution in [1.29, 1.82) is 0 Å². The van der Waals surface area contributed by atoms with Crippen molar-refractivity contribution in [2.45, 2.75) is 44.9 Å². The Morgan fingerprint density at radius 2 is 1.79 bits per heavy atom. The van der Waals surface area contributed by atoms with E-state index in [1.807, 2.05) is 37.3 Å². The van der Waals surface area contributed by atoms with Crippen LogP contribution in [0.5, 0.6) is 0 Å². The molecule has 0 fully saturated rings. The molecule has 2 amide bonds. The van der Waals surface area contributed by atoms with Crippen LogP contribution in [-0.2, 0) is 22.9 Å². The number of rotatable bonds is 6. The van der Waals surface area contributed by atoms with Crippen LogP contribution in [0.1, 0.15) is 31.9 Å². The lowest BCUT2D eigenvalue weighted by Gasteiger charge is -2.14. The van der Waals surface area contributed by atoms with E-state index in [-0.39, 0.29) is 12.1 Å². The van der Waals surface area contributed by atoms with E-state index in [9.17, 15) is 13.2 Å². The van der Waals surface area contributed by atoms with Gasteiger partial charge in [0.25, 0.3) is 0 Å². The van der Waals surface area contributed by atoms with Gasteiger partial charge < -0.3 is 10.6 Å². The molecule has 2 aromatic carbocycles. The van der Waals surface area contributed by atoms with Gasteiger partial charge in [-0.2, -0.15) is 0 Å². The molecule has 0 bridgehead atoms. The number of anilines is 1. The second kappa shape index (κ2) is 8.32. The van der Waals surface area contributed by atoms with E-state index in [2.05, 4.69) is 27.5 Å². The van der Waals surface area contributed by atoms with Gasteiger partial charge in [0.15, 0.2) is 0 Å². The number of hydrogen-bond donors (Lipinski definition) is 3. The number of hydrogen-bond acceptors (Lipinski definition) is 3. The van der Waals surface area contributed by atoms with Gasteiger partial charge >= 0.3 is 6.03 Å². The summed E-state index contributed by atoms with van der Waals surface area (Å²) in [7, 11) is -3.28. The summed E-state index contributed by atoms with van der Waals surface area (Å²) in [5, 5.41) is 5.10. The minimum atomic E-state index is -3.28. The number of carbonyl (C=O) groups is 1. The van der Waals surface area contributed by atoms with E-state index in [0.717, 1.165) is 22.4 Å². The van der Waals surface area contributed by atoms with Gasteiger partial charge in [0.2, 0.25) is 10.0 Å². The largest absolute Gasteiger partial charge is 0.338 e. The molecule has 28 heavy (non-hydrogen) atoms. The van der Waals surface area contributed by atoms with Crippen molar-refractivity contribution in [2.75, 3.05) is 11.9 Å². The zero-order chi connectivity index (χ0) is 20.3. The van der Waals surface area contributed by atoms with Crippen molar-refractivity contribution in [2.24, 2.45) is 0 Å². The molecule has 1 atom stereocenters. The van der Waals surface area contributed by atoms with Crippen molar-refractivity contribution < 1.29 is 13.2 Å². The fourth-order valence-electron chi connectivity index (χ4n) is 3.36. The highest BCUT2D eigenvalue weighted by atomic mass is 32.2. The molecule has 150 valence electrons. The lowest BCUT2D eigenvalue weighted by Crippen LogP contribution is -2.39. The molecule has 0 aromatic heterocycles. The van der Waals surface area contributed by atoms with Crippen molar-refractivity contribution in [3.63, 3.8) is 0 Å². The van der Waals surface area contributed by atoms with Gasteiger partial charge in [0.05, 0.1) is 5.25 Å². The van der Waals surface area contributed by atoms with Crippen LogP contribution in [0.15, 0.2) is 42.5 Å². The number of amides is 2. The van der Waals surface area contributed by atoms with Gasteiger partial charge in [0.1, 0.15) is 0 Å². The lowest BCUT2D eigenvalue weighted by molar-refractivity contribution is 0.252. The third-order valence-electron chi connectivity index (χ3n) is 4.88. The number of carbonyl (C=O) groups excluding carboxylic acids is 1. The van der Waals surface area contributed by atoms with E-state index in [1.165, 1.54) is 5.56 Å². The number of urea groups is 1. The van der Waals surface area contributed by atoms with Crippen molar-refractivity contribution in [3.8, 4) is 11.1 Å². The maximum Gasteiger partial charge on any atom is 0.319 e. The SMILES string of the molecule is CCNC(=O)Nc1cccc(-c2ccc3c(c2)CC(NS(=O)(=O)C(C)C)C3)c1. The lowest BCUT2D eigenvalue weighted by atomic mass is 10.0. The molecule has 7 heteroatoms. The van der Waals surface area contributed by atoms with Gasteiger partial charge in [0, 0.05) is 18.3 Å². The van der Waals surface area contributed by atoms with Crippen LogP contribution in [-0.4, -0.2) is 32.3 Å². The van der Waals surface area contributed by atoms with E-state index in [4.69, 9.17) is 0 Å². The van der Waals surface area contributed by atoms with Crippen LogP contribution in [0.25, 0.3) is 11.1 Å². The maximum absolute atomic E-state index is 12.1. The first-order valence-corrected chi connectivity index (χ1v) is 11.1. The predicted octanol–water partition coefficient (Wildman–Crippen LogP) is 3.29. The van der Waals surface area contributed by atoms with E-state index in [0.29, 0.717) is 19.4 Å². The molecule has 3 rings (SSSR count). The average molecular weight is 402 g/mol. The first-order valence-electron chi connectivity index (χ1n) is 9.56. The second-order valence-electron chi connectivity index (χ2n) is 7.37. The fourth-order valence-corrected chi connectivity index (χ4v) is 4.27. The molecule has 1 unspecified atom stereocenters. The molecule has 3 N–H and O–H groups in total. The van der Waals surface area contributed by atoms with Crippen LogP contribution in [0, 0.1) is 0 Å². The van der Waals surface area contributed by atoms with Gasteiger partial charge in [-0.15, -0.1) is 0 Å². The summed E-state index contributed by atoms with van der Waals surface area (Å²) in [5.41, 5.74) is 5.12. The molecule has 1 aliphatic carbocycles. The van der Waals surface area contributed by atoms with Gasteiger partial charge in [-0.25, -0.2) is 17.9 Å². The van der Waals surface area contributed by atoms with E-state index >= 15 is 0 Å². The van der Waals surface area contributed by atoms with Crippen LogP contribution in [0.3, 0.4) is 0 Å². The third kappa shape index (κ3) is 4.72. The van der Waals surface area contributed by atoms with Gasteiger partial charge in [-0.1, -0.05) is 30.3 Å². The highest BCUT2D eigenvalue weighted by Crippen LogP contribution is 2.30. The Morgan fingerprint density at radius 3 is 2.50 bits per heavy atom. The zero-order valence-corrected chi connectivity index (χ0v) is 17.3. The zero-order valence-electron chi connectivity index (χ0n) is 16.5. The molecule has 0 saturated heterocycles. The first-order chi connectivity index (χ1) is 13.3. The van der Waals surface area contributed by atoms with Gasteiger partial charge in [-0.05, 0) is 68.0 Å². The summed E-state index contributed by atoms with van der Waals surface area (Å²) < 4.78 is 27.1. The van der Waals surface area contributed by atoms with Crippen LogP contribution in [0.2, 0.25) is 0 Å². The highest BCUT2D eigenvalue weighted by molar-refractivity contribution is 7.90. The Balaban J connectivity index is 1.76. The molecule has 6 nitrogen and oxygen atoms in total. The normalized spacial score (nSPS) is 16.1. The minimum Gasteiger partial charge on any atom is -0.338 e. The Labute approximate surface area is 166 Å². The molecule has 0 heterocycles. The average Bonchev–Trinajstić information content (AvgIpc) is 3.02. The molecule has 1 aliphatic rings. The minimum absolute atomic E-state index is 0.0941. The Morgan fingerprint density at radius 1 is 1.07 bits per heavy atom. The van der Waals surface area contributed by atoms with Crippen molar-refractivity contribution >= 4 is 21.7 Å². The standard InChI is InChI=1S/C21H27N3O3S/c1-4-22-21(25)23-19-7-5-6-15(11-19)16-8-9-17-12-20(13-18(17)10-16)24-28(26,27)14(2)3/h5-11,14,20,24H,4,12-13H2,1-3H3,(H2,22,23,25). The monoisotopic (exact) mass is 401 g/mol. The molecular formula is C21H27N3O3S. The molecular weight excluding hydrogens is 374 g/mol. The molecule has 2 aromatic rings. The highest BCUT2D eigenvalue weighted by Gasteiger charge is 2.27. The summed E-state index contributed by atoms with van der Waals surface area (Å²) >= 11 is 0. The van der Waals surface area contributed by atoms with Crippen LogP contribution < -0.4 is 15.4 Å². The first kappa shape index (κ1) is 20.4. The smallest absolute Gasteiger partial charge is 0.319 e. The third-order valence-corrected chi connectivity index (χ3v) is 6.78. The summed E-state index contributed by atoms with van der Waals surface area (Å²) in [6.45, 7) is 5.81. The Hall–Kier alpha value is -2.38. The maximum atomic E-state index is 12.1. The summed E-state index contributed by atoms with van der Waals surface area (Å²) in [5.74, 6) is 0. The predicted molar refractivity (Wildman–Crippen MR) is 113 cm³/mol. The topological polar surface area (TPSA) is 87.3 Å². The molecule has 0 saturated carbocycles. The quantitative estimate of drug-likeness (QED) is 0.694. The summed E-state index contributed by atoms with van der Waals surface area (Å²) in [4.78, 5) is 11.7. The second-order valence-corrected chi connectivity index (χ2v) is 9.63. The molecule has 0 aliphatic heterocycles. The molecule has 0 radical (unpaired) electrons. The summed E-state index contributed by atoms with van der Waals surface area (Å²) in [6.07, 6.45) is 1.40. The van der Waals surface area contributed by atoms with E-state index < -0.39 is 15.3 Å². The number of nitrogens with one attached hydrogen (secondary N) is 3. The summed E-state index contributed by atoms with van der Waals surface area (Å²) in [6, 6.07) is 13.6. The number of fused-ring (bicyclic) bond motifs is 1. The Kier molecular flexibility index (Phi) is 6.05. The fraction of sp³-hybridized carbons (Fsp3) is 0.381. The van der Waals surface area contributed by atoms with E-state index in [1.54, 1.807) is 13.8 Å². The number of sulfonamides is 1. The Bertz CT molecular complexity index is 971. The van der Waals surface area contributed by atoms with Crippen LogP contribution in [0.4, 0.5) is 10.5 Å².